The van der Waals surface area contributed by atoms with E-state index in [0.717, 1.165) is 19.4 Å². The van der Waals surface area contributed by atoms with Crippen molar-refractivity contribution < 1.29 is 19.1 Å². The van der Waals surface area contributed by atoms with Crippen LogP contribution < -0.4 is 4.90 Å². The summed E-state index contributed by atoms with van der Waals surface area (Å²) in [6.45, 7) is 4.86. The van der Waals surface area contributed by atoms with E-state index in [4.69, 9.17) is 9.47 Å². The molecule has 9 nitrogen and oxygen atoms in total. The van der Waals surface area contributed by atoms with Crippen molar-refractivity contribution in [3.05, 3.63) is 18.5 Å². The minimum Gasteiger partial charge on any atom is -0.448 e. The molecule has 5 rings (SSSR count). The van der Waals surface area contributed by atoms with Crippen LogP contribution in [0.3, 0.4) is 0 Å². The molecule has 0 radical (unpaired) electrons. The van der Waals surface area contributed by atoms with E-state index in [1.807, 2.05) is 9.80 Å². The van der Waals surface area contributed by atoms with E-state index in [0.29, 0.717) is 51.9 Å². The molecule has 4 aliphatic heterocycles. The minimum absolute atomic E-state index is 0.162. The van der Waals surface area contributed by atoms with E-state index >= 15 is 0 Å². The third-order valence-electron chi connectivity index (χ3n) is 6.62. The van der Waals surface area contributed by atoms with Crippen LogP contribution in [0.5, 0.6) is 0 Å². The van der Waals surface area contributed by atoms with Crippen molar-refractivity contribution in [1.82, 2.24) is 19.8 Å². The zero-order valence-corrected chi connectivity index (χ0v) is 15.8. The van der Waals surface area contributed by atoms with Gasteiger partial charge >= 0.3 is 6.09 Å². The molecule has 0 spiro atoms. The molecule has 0 N–H and O–H groups in total. The number of carbonyl (C=O) groups excluding carboxylic acids is 2. The lowest BCUT2D eigenvalue weighted by atomic mass is 9.79. The number of aromatic nitrogens is 2. The van der Waals surface area contributed by atoms with Gasteiger partial charge in [0.15, 0.2) is 0 Å². The first-order valence-corrected chi connectivity index (χ1v) is 10.00. The molecule has 2 atom stereocenters. The van der Waals surface area contributed by atoms with Crippen LogP contribution in [0.25, 0.3) is 0 Å². The minimum atomic E-state index is -0.515. The van der Waals surface area contributed by atoms with Crippen molar-refractivity contribution in [2.75, 3.05) is 57.4 Å². The van der Waals surface area contributed by atoms with Crippen LogP contribution in [0.4, 0.5) is 10.7 Å². The lowest BCUT2D eigenvalue weighted by molar-refractivity contribution is -0.143. The Morgan fingerprint density at radius 2 is 1.96 bits per heavy atom. The topological polar surface area (TPSA) is 88.1 Å². The molecule has 4 aliphatic rings. The maximum atomic E-state index is 13.5. The van der Waals surface area contributed by atoms with Crippen LogP contribution >= 0.6 is 0 Å². The highest BCUT2D eigenvalue weighted by Crippen LogP contribution is 2.44. The Kier molecular flexibility index (Phi) is 4.34. The third-order valence-corrected chi connectivity index (χ3v) is 6.62. The van der Waals surface area contributed by atoms with Crippen molar-refractivity contribution in [1.29, 1.82) is 0 Å². The van der Waals surface area contributed by atoms with Gasteiger partial charge in [-0.25, -0.2) is 14.8 Å². The van der Waals surface area contributed by atoms with E-state index in [1.165, 1.54) is 0 Å². The van der Waals surface area contributed by atoms with Crippen molar-refractivity contribution >= 4 is 17.9 Å². The van der Waals surface area contributed by atoms with Gasteiger partial charge in [-0.15, -0.1) is 0 Å². The molecule has 0 aliphatic carbocycles. The van der Waals surface area contributed by atoms with Gasteiger partial charge in [0.2, 0.25) is 11.9 Å². The molecule has 1 aromatic heterocycles. The Balaban J connectivity index is 1.27. The van der Waals surface area contributed by atoms with E-state index in [2.05, 4.69) is 14.9 Å². The molecule has 28 heavy (non-hydrogen) atoms. The Hall–Kier alpha value is -2.42. The number of carbonyl (C=O) groups is 2. The lowest BCUT2D eigenvalue weighted by Gasteiger charge is -2.39. The number of cyclic esters (lactones) is 1. The molecular formula is C19H25N5O4. The van der Waals surface area contributed by atoms with Crippen molar-refractivity contribution in [3.8, 4) is 0 Å². The number of piperidine rings is 1. The van der Waals surface area contributed by atoms with E-state index in [1.54, 1.807) is 18.5 Å². The van der Waals surface area contributed by atoms with Crippen molar-refractivity contribution in [2.45, 2.75) is 18.9 Å². The molecular weight excluding hydrogens is 362 g/mol. The normalized spacial score (nSPS) is 30.6. The summed E-state index contributed by atoms with van der Waals surface area (Å²) >= 11 is 0. The van der Waals surface area contributed by atoms with Gasteiger partial charge in [0.25, 0.3) is 0 Å². The second-order valence-corrected chi connectivity index (χ2v) is 8.13. The predicted molar refractivity (Wildman–Crippen MR) is 98.6 cm³/mol. The van der Waals surface area contributed by atoms with Gasteiger partial charge in [-0.1, -0.05) is 0 Å². The van der Waals surface area contributed by atoms with Crippen LogP contribution in [0.2, 0.25) is 0 Å². The smallest absolute Gasteiger partial charge is 0.410 e. The molecule has 1 aromatic rings. The Bertz CT molecular complexity index is 754. The molecule has 4 saturated heterocycles. The van der Waals surface area contributed by atoms with Crippen LogP contribution in [-0.4, -0.2) is 90.4 Å². The number of ether oxygens (including phenoxy) is 2. The highest BCUT2D eigenvalue weighted by Gasteiger charge is 2.57. The number of fused-ring (bicyclic) bond motifs is 1. The van der Waals surface area contributed by atoms with Crippen LogP contribution in [0, 0.1) is 11.3 Å². The van der Waals surface area contributed by atoms with Gasteiger partial charge in [-0.3, -0.25) is 4.79 Å². The van der Waals surface area contributed by atoms with Gasteiger partial charge in [-0.05, 0) is 18.9 Å². The summed E-state index contributed by atoms with van der Waals surface area (Å²) in [6.07, 6.45) is 4.84. The molecule has 0 unspecified atom stereocenters. The number of anilines is 1. The molecule has 9 heteroatoms. The summed E-state index contributed by atoms with van der Waals surface area (Å²) in [7, 11) is 0. The summed E-state index contributed by atoms with van der Waals surface area (Å²) < 4.78 is 10.8. The molecule has 2 amide bonds. The molecule has 4 fully saturated rings. The Labute approximate surface area is 163 Å². The van der Waals surface area contributed by atoms with Gasteiger partial charge in [-0.2, -0.15) is 0 Å². The zero-order chi connectivity index (χ0) is 19.1. The van der Waals surface area contributed by atoms with Crippen LogP contribution in [-0.2, 0) is 14.3 Å². The first kappa shape index (κ1) is 17.7. The average Bonchev–Trinajstić information content (AvgIpc) is 3.42. The van der Waals surface area contributed by atoms with Crippen molar-refractivity contribution in [3.63, 3.8) is 0 Å². The first-order valence-electron chi connectivity index (χ1n) is 10.00. The summed E-state index contributed by atoms with van der Waals surface area (Å²) in [5.41, 5.74) is -0.515. The maximum Gasteiger partial charge on any atom is 0.410 e. The monoisotopic (exact) mass is 387 g/mol. The number of likely N-dealkylation sites (tertiary alicyclic amines) is 1. The van der Waals surface area contributed by atoms with Gasteiger partial charge in [0.1, 0.15) is 6.61 Å². The fraction of sp³-hybridized carbons (Fsp3) is 0.684. The predicted octanol–water partition coefficient (Wildman–Crippen LogP) is 0.373. The summed E-state index contributed by atoms with van der Waals surface area (Å²) in [5.74, 6) is 1.02. The number of hydrogen-bond acceptors (Lipinski definition) is 7. The van der Waals surface area contributed by atoms with Gasteiger partial charge in [0, 0.05) is 50.5 Å². The lowest BCUT2D eigenvalue weighted by Crippen LogP contribution is -2.53. The Morgan fingerprint density at radius 1 is 1.18 bits per heavy atom. The molecule has 0 bridgehead atoms. The zero-order valence-electron chi connectivity index (χ0n) is 15.8. The van der Waals surface area contributed by atoms with E-state index in [-0.39, 0.29) is 24.0 Å². The van der Waals surface area contributed by atoms with E-state index < -0.39 is 5.41 Å². The number of hydrogen-bond donors (Lipinski definition) is 0. The molecule has 150 valence electrons. The fourth-order valence-electron chi connectivity index (χ4n) is 5.08. The second kappa shape index (κ2) is 6.88. The Morgan fingerprint density at radius 3 is 2.68 bits per heavy atom. The van der Waals surface area contributed by atoms with E-state index in [9.17, 15) is 9.59 Å². The first-order chi connectivity index (χ1) is 13.7. The summed E-state index contributed by atoms with van der Waals surface area (Å²) in [4.78, 5) is 39.9. The number of amides is 2. The number of nitrogens with zero attached hydrogens (tertiary/aromatic N) is 5. The maximum absolute atomic E-state index is 13.5. The molecule has 0 aromatic carbocycles. The highest BCUT2D eigenvalue weighted by atomic mass is 16.6. The summed E-state index contributed by atoms with van der Waals surface area (Å²) in [5, 5.41) is 0. The average molecular weight is 387 g/mol. The highest BCUT2D eigenvalue weighted by molar-refractivity contribution is 5.85. The second-order valence-electron chi connectivity index (χ2n) is 8.13. The van der Waals surface area contributed by atoms with Gasteiger partial charge in [0.05, 0.1) is 25.2 Å². The molecule has 5 heterocycles. The third kappa shape index (κ3) is 2.80. The van der Waals surface area contributed by atoms with Gasteiger partial charge < -0.3 is 24.2 Å². The SMILES string of the molecule is O=C1OCCN1C1CCN(C(=O)[C@@]23COC[C@@H]2CN(c2ncccn2)C3)CC1. The quantitative estimate of drug-likeness (QED) is 0.741. The molecule has 0 saturated carbocycles. The summed E-state index contributed by atoms with van der Waals surface area (Å²) in [6, 6.07) is 1.97. The van der Waals surface area contributed by atoms with Crippen LogP contribution in [0.15, 0.2) is 18.5 Å². The fourth-order valence-corrected chi connectivity index (χ4v) is 5.08. The largest absolute Gasteiger partial charge is 0.448 e. The number of rotatable bonds is 3. The standard InChI is InChI=1S/C19H25N5O4/c25-16(22-6-2-15(3-7-22)24-8-9-28-18(24)26)19-12-23(10-14(19)11-27-13-19)17-20-4-1-5-21-17/h1,4-5,14-15H,2-3,6-13H2/t14-,19-/m0/s1. The van der Waals surface area contributed by atoms with Crippen molar-refractivity contribution in [2.24, 2.45) is 11.3 Å². The van der Waals surface area contributed by atoms with Crippen LogP contribution in [0.1, 0.15) is 12.8 Å².